The summed E-state index contributed by atoms with van der Waals surface area (Å²) in [5, 5.41) is 3.42. The van der Waals surface area contributed by atoms with Gasteiger partial charge in [-0.15, -0.1) is 24.0 Å². The molecule has 1 aliphatic heterocycles. The second kappa shape index (κ2) is 9.83. The molecule has 1 unspecified atom stereocenters. The zero-order chi connectivity index (χ0) is 18.5. The molecule has 1 saturated heterocycles. The van der Waals surface area contributed by atoms with Gasteiger partial charge in [0.15, 0.2) is 5.96 Å². The molecule has 0 aromatic carbocycles. The minimum absolute atomic E-state index is 0. The summed E-state index contributed by atoms with van der Waals surface area (Å²) in [7, 11) is 3.61. The Morgan fingerprint density at radius 1 is 1.40 bits per heavy atom. The highest BCUT2D eigenvalue weighted by Crippen LogP contribution is 2.28. The molecule has 1 amide bonds. The molecule has 1 atom stereocenters. The van der Waals surface area contributed by atoms with Gasteiger partial charge in [0.1, 0.15) is 5.60 Å². The molecule has 0 radical (unpaired) electrons. The lowest BCUT2D eigenvalue weighted by Crippen LogP contribution is -2.44. The van der Waals surface area contributed by atoms with E-state index in [0.29, 0.717) is 5.41 Å². The van der Waals surface area contributed by atoms with E-state index in [1.807, 2.05) is 34.7 Å². The van der Waals surface area contributed by atoms with Crippen LogP contribution in [0.4, 0.5) is 4.79 Å². The van der Waals surface area contributed by atoms with Gasteiger partial charge < -0.3 is 19.9 Å². The molecule has 0 aromatic rings. The van der Waals surface area contributed by atoms with Crippen LogP contribution in [0.3, 0.4) is 0 Å². The highest BCUT2D eigenvalue weighted by molar-refractivity contribution is 14.0. The number of amides is 1. The van der Waals surface area contributed by atoms with Crippen molar-refractivity contribution in [2.24, 2.45) is 10.4 Å². The van der Waals surface area contributed by atoms with Gasteiger partial charge in [-0.2, -0.15) is 0 Å². The lowest BCUT2D eigenvalue weighted by Gasteiger charge is -2.29. The van der Waals surface area contributed by atoms with Gasteiger partial charge in [-0.3, -0.25) is 4.99 Å². The van der Waals surface area contributed by atoms with Crippen molar-refractivity contribution in [3.8, 4) is 0 Å². The maximum Gasteiger partial charge on any atom is 0.410 e. The van der Waals surface area contributed by atoms with Crippen molar-refractivity contribution in [3.63, 3.8) is 0 Å². The number of hydrogen-bond acceptors (Lipinski definition) is 3. The predicted molar refractivity (Wildman–Crippen MR) is 115 cm³/mol. The van der Waals surface area contributed by atoms with Gasteiger partial charge in [0.25, 0.3) is 0 Å². The van der Waals surface area contributed by atoms with E-state index in [1.165, 1.54) is 6.42 Å². The second-order valence-electron chi connectivity index (χ2n) is 8.54. The summed E-state index contributed by atoms with van der Waals surface area (Å²) in [6, 6.07) is 0.0977. The molecule has 1 heterocycles. The van der Waals surface area contributed by atoms with E-state index in [9.17, 15) is 4.79 Å². The SMILES string of the molecule is CN=C(NCCC(C)N(C)C(=O)OC(C)(C)C)N1CCC(C)(C)C1.I. The number of hydrogen-bond donors (Lipinski definition) is 1. The molecule has 0 aromatic heterocycles. The molecule has 1 rings (SSSR count). The molecule has 0 saturated carbocycles. The lowest BCUT2D eigenvalue weighted by molar-refractivity contribution is 0.0230. The number of rotatable bonds is 4. The van der Waals surface area contributed by atoms with E-state index in [2.05, 4.69) is 29.1 Å². The van der Waals surface area contributed by atoms with E-state index in [0.717, 1.165) is 32.0 Å². The van der Waals surface area contributed by atoms with Gasteiger partial charge in [0.05, 0.1) is 0 Å². The third-order valence-corrected chi connectivity index (χ3v) is 4.38. The van der Waals surface area contributed by atoms with Gasteiger partial charge in [-0.25, -0.2) is 4.79 Å². The number of carbonyl (C=O) groups excluding carboxylic acids is 1. The molecule has 1 aliphatic rings. The van der Waals surface area contributed by atoms with E-state index >= 15 is 0 Å². The van der Waals surface area contributed by atoms with Crippen LogP contribution in [0.25, 0.3) is 0 Å². The van der Waals surface area contributed by atoms with E-state index in [4.69, 9.17) is 4.74 Å². The standard InChI is InChI=1S/C18H36N4O2.HI/c1-14(21(8)16(23)24-17(2,3)4)9-11-20-15(19-7)22-12-10-18(5,6)13-22;/h14H,9-13H2,1-8H3,(H,19,20);1H. The fourth-order valence-corrected chi connectivity index (χ4v) is 2.73. The molecule has 1 fully saturated rings. The van der Waals surface area contributed by atoms with Crippen LogP contribution in [0.5, 0.6) is 0 Å². The molecule has 0 spiro atoms. The Hall–Kier alpha value is -0.730. The molecule has 0 bridgehead atoms. The highest BCUT2D eigenvalue weighted by atomic mass is 127. The number of guanidine groups is 1. The van der Waals surface area contributed by atoms with Gasteiger partial charge in [0, 0.05) is 39.8 Å². The Balaban J connectivity index is 0.00000576. The molecule has 7 heteroatoms. The minimum Gasteiger partial charge on any atom is -0.444 e. The normalized spacial score (nSPS) is 18.4. The Labute approximate surface area is 170 Å². The van der Waals surface area contributed by atoms with Crippen molar-refractivity contribution in [2.75, 3.05) is 33.7 Å². The zero-order valence-corrected chi connectivity index (χ0v) is 19.5. The summed E-state index contributed by atoms with van der Waals surface area (Å²) in [5.74, 6) is 0.952. The van der Waals surface area contributed by atoms with Crippen molar-refractivity contribution in [2.45, 2.75) is 66.0 Å². The Bertz CT molecular complexity index is 460. The third kappa shape index (κ3) is 8.46. The van der Waals surface area contributed by atoms with Gasteiger partial charge >= 0.3 is 6.09 Å². The summed E-state index contributed by atoms with van der Waals surface area (Å²) in [6.45, 7) is 15.1. The minimum atomic E-state index is -0.464. The van der Waals surface area contributed by atoms with Crippen molar-refractivity contribution in [1.82, 2.24) is 15.1 Å². The third-order valence-electron chi connectivity index (χ3n) is 4.38. The number of nitrogens with one attached hydrogen (secondary N) is 1. The first-order valence-corrected chi connectivity index (χ1v) is 8.86. The molecular formula is C18H37IN4O2. The van der Waals surface area contributed by atoms with Gasteiger partial charge in [-0.1, -0.05) is 13.8 Å². The summed E-state index contributed by atoms with van der Waals surface area (Å²) in [6.07, 6.45) is 1.75. The lowest BCUT2D eigenvalue weighted by atomic mass is 9.93. The monoisotopic (exact) mass is 468 g/mol. The summed E-state index contributed by atoms with van der Waals surface area (Å²) in [5.41, 5.74) is -0.115. The van der Waals surface area contributed by atoms with E-state index < -0.39 is 5.60 Å². The molecule has 1 N–H and O–H groups in total. The second-order valence-corrected chi connectivity index (χ2v) is 8.54. The number of likely N-dealkylation sites (tertiary alicyclic amines) is 1. The first-order chi connectivity index (χ1) is 10.9. The van der Waals surface area contributed by atoms with Crippen LogP contribution in [0.15, 0.2) is 4.99 Å². The smallest absolute Gasteiger partial charge is 0.410 e. The fourth-order valence-electron chi connectivity index (χ4n) is 2.73. The summed E-state index contributed by atoms with van der Waals surface area (Å²) in [4.78, 5) is 20.4. The van der Waals surface area contributed by atoms with Crippen molar-refractivity contribution < 1.29 is 9.53 Å². The average Bonchev–Trinajstić information content (AvgIpc) is 2.80. The highest BCUT2D eigenvalue weighted by Gasteiger charge is 2.31. The number of nitrogens with zero attached hydrogens (tertiary/aromatic N) is 3. The summed E-state index contributed by atoms with van der Waals surface area (Å²) < 4.78 is 5.41. The number of halogens is 1. The van der Waals surface area contributed by atoms with Crippen LogP contribution in [0.1, 0.15) is 54.4 Å². The Kier molecular flexibility index (Phi) is 9.54. The number of carbonyl (C=O) groups is 1. The fraction of sp³-hybridized carbons (Fsp3) is 0.889. The molecular weight excluding hydrogens is 431 g/mol. The van der Waals surface area contributed by atoms with Crippen LogP contribution >= 0.6 is 24.0 Å². The number of aliphatic imine (C=N–C) groups is 1. The quantitative estimate of drug-likeness (QED) is 0.390. The van der Waals surface area contributed by atoms with Gasteiger partial charge in [0.2, 0.25) is 0 Å². The van der Waals surface area contributed by atoms with Crippen LogP contribution in [-0.4, -0.2) is 67.2 Å². The molecule has 25 heavy (non-hydrogen) atoms. The number of ether oxygens (including phenoxy) is 1. The van der Waals surface area contributed by atoms with E-state index in [1.54, 1.807) is 11.9 Å². The Morgan fingerprint density at radius 2 is 2.00 bits per heavy atom. The largest absolute Gasteiger partial charge is 0.444 e. The predicted octanol–water partition coefficient (Wildman–Crippen LogP) is 3.56. The van der Waals surface area contributed by atoms with Gasteiger partial charge in [-0.05, 0) is 46.0 Å². The van der Waals surface area contributed by atoms with Crippen LogP contribution in [-0.2, 0) is 4.74 Å². The van der Waals surface area contributed by atoms with Crippen LogP contribution < -0.4 is 5.32 Å². The van der Waals surface area contributed by atoms with E-state index in [-0.39, 0.29) is 36.1 Å². The zero-order valence-electron chi connectivity index (χ0n) is 17.2. The first-order valence-electron chi connectivity index (χ1n) is 8.86. The Morgan fingerprint density at radius 3 is 2.44 bits per heavy atom. The molecule has 0 aliphatic carbocycles. The molecule has 6 nitrogen and oxygen atoms in total. The van der Waals surface area contributed by atoms with Crippen LogP contribution in [0.2, 0.25) is 0 Å². The van der Waals surface area contributed by atoms with Crippen molar-refractivity contribution in [1.29, 1.82) is 0 Å². The maximum absolute atomic E-state index is 12.1. The van der Waals surface area contributed by atoms with Crippen LogP contribution in [0, 0.1) is 5.41 Å². The topological polar surface area (TPSA) is 57.2 Å². The first kappa shape index (κ1) is 24.3. The maximum atomic E-state index is 12.1. The molecule has 148 valence electrons. The summed E-state index contributed by atoms with van der Waals surface area (Å²) >= 11 is 0. The average molecular weight is 468 g/mol. The van der Waals surface area contributed by atoms with Crippen molar-refractivity contribution >= 4 is 36.0 Å². The van der Waals surface area contributed by atoms with Crippen molar-refractivity contribution in [3.05, 3.63) is 0 Å².